The van der Waals surface area contributed by atoms with Crippen molar-refractivity contribution in [3.63, 3.8) is 0 Å². The van der Waals surface area contributed by atoms with Crippen molar-refractivity contribution >= 4 is 40.6 Å². The van der Waals surface area contributed by atoms with Crippen molar-refractivity contribution in [3.8, 4) is 0 Å². The van der Waals surface area contributed by atoms with Crippen LogP contribution in [-0.2, 0) is 16.1 Å². The van der Waals surface area contributed by atoms with Crippen molar-refractivity contribution < 1.29 is 9.59 Å². The fraction of sp³-hybridized carbons (Fsp3) is 0.250. The summed E-state index contributed by atoms with van der Waals surface area (Å²) in [5.74, 6) is -0.447. The highest BCUT2D eigenvalue weighted by Gasteiger charge is 2.48. The molecule has 4 nitrogen and oxygen atoms in total. The lowest BCUT2D eigenvalue weighted by Gasteiger charge is -2.36. The van der Waals surface area contributed by atoms with Gasteiger partial charge in [-0.25, -0.2) is 0 Å². The average molecular weight is 332 g/mol. The molecule has 1 aliphatic rings. The van der Waals surface area contributed by atoms with Gasteiger partial charge in [-0.15, -0.1) is 11.3 Å². The van der Waals surface area contributed by atoms with Gasteiger partial charge in [0.15, 0.2) is 4.75 Å². The number of hydrogen-bond acceptors (Lipinski definition) is 4. The van der Waals surface area contributed by atoms with E-state index in [9.17, 15) is 9.59 Å². The highest BCUT2D eigenvalue weighted by Crippen LogP contribution is 2.44. The summed E-state index contributed by atoms with van der Waals surface area (Å²) in [5.41, 5.74) is 0.848. The minimum atomic E-state index is -1.14. The summed E-state index contributed by atoms with van der Waals surface area (Å²) in [6.07, 6.45) is 0. The second kappa shape index (κ2) is 5.78. The summed E-state index contributed by atoms with van der Waals surface area (Å²) >= 11 is 2.90. The van der Waals surface area contributed by atoms with Gasteiger partial charge in [0.05, 0.1) is 12.2 Å². The lowest BCUT2D eigenvalue weighted by molar-refractivity contribution is -0.131. The largest absolute Gasteiger partial charge is 0.350 e. The Hall–Kier alpha value is -1.79. The number of carbonyl (C=O) groups is 2. The van der Waals surface area contributed by atoms with Gasteiger partial charge >= 0.3 is 0 Å². The normalized spacial score (nSPS) is 20.6. The van der Waals surface area contributed by atoms with Gasteiger partial charge in [-0.3, -0.25) is 9.59 Å². The lowest BCUT2D eigenvalue weighted by Crippen LogP contribution is -2.55. The molecule has 114 valence electrons. The van der Waals surface area contributed by atoms with Crippen LogP contribution in [0.4, 0.5) is 5.69 Å². The number of nitrogens with one attached hydrogen (secondary N) is 1. The molecule has 6 heteroatoms. The zero-order valence-corrected chi connectivity index (χ0v) is 14.0. The topological polar surface area (TPSA) is 49.4 Å². The molecule has 0 saturated carbocycles. The molecule has 0 aliphatic carbocycles. The number of rotatable bonds is 3. The number of anilines is 1. The molecular weight excluding hydrogens is 316 g/mol. The Labute approximate surface area is 137 Å². The quantitative estimate of drug-likeness (QED) is 0.879. The number of hydrogen-bond donors (Lipinski definition) is 1. The second-order valence-electron chi connectivity index (χ2n) is 5.23. The molecule has 0 fully saturated rings. The van der Waals surface area contributed by atoms with Crippen LogP contribution in [0.15, 0.2) is 46.7 Å². The Morgan fingerprint density at radius 2 is 2.05 bits per heavy atom. The van der Waals surface area contributed by atoms with Gasteiger partial charge in [0, 0.05) is 16.8 Å². The molecule has 1 aliphatic heterocycles. The maximum Gasteiger partial charge on any atom is 0.252 e. The first-order valence-corrected chi connectivity index (χ1v) is 8.59. The molecule has 1 aromatic heterocycles. The summed E-state index contributed by atoms with van der Waals surface area (Å²) in [6, 6.07) is 11.5. The van der Waals surface area contributed by atoms with E-state index in [2.05, 4.69) is 5.32 Å². The number of thioether (sulfide) groups is 1. The summed E-state index contributed by atoms with van der Waals surface area (Å²) in [7, 11) is 1.71. The number of carbonyl (C=O) groups excluding carboxylic acids is 2. The third-order valence-electron chi connectivity index (χ3n) is 3.69. The standard InChI is InChI=1S/C16H16N2O2S2/c1-16(14(19)17-10-11-6-5-9-21-11)15(20)18(2)12-7-3-4-8-13(12)22-16/h3-9H,10H2,1-2H3,(H,17,19)/t16-/m1/s1. The first-order valence-electron chi connectivity index (χ1n) is 6.89. The molecular formula is C16H16N2O2S2. The molecule has 1 aromatic carbocycles. The van der Waals surface area contributed by atoms with Gasteiger partial charge in [-0.2, -0.15) is 0 Å². The van der Waals surface area contributed by atoms with E-state index in [0.717, 1.165) is 15.5 Å². The van der Waals surface area contributed by atoms with Crippen molar-refractivity contribution in [1.82, 2.24) is 5.32 Å². The van der Waals surface area contributed by atoms with E-state index in [1.165, 1.54) is 11.8 Å². The molecule has 0 radical (unpaired) electrons. The van der Waals surface area contributed by atoms with Crippen LogP contribution in [-0.4, -0.2) is 23.6 Å². The second-order valence-corrected chi connectivity index (χ2v) is 7.72. The highest BCUT2D eigenvalue weighted by molar-refractivity contribution is 8.02. The summed E-state index contributed by atoms with van der Waals surface area (Å²) in [4.78, 5) is 28.8. The van der Waals surface area contributed by atoms with Crippen LogP contribution in [0.1, 0.15) is 11.8 Å². The van der Waals surface area contributed by atoms with Gasteiger partial charge in [-0.05, 0) is 30.5 Å². The monoisotopic (exact) mass is 332 g/mol. The van der Waals surface area contributed by atoms with Gasteiger partial charge in [0.1, 0.15) is 0 Å². The number of thiophene rings is 1. The Balaban J connectivity index is 1.82. The fourth-order valence-electron chi connectivity index (χ4n) is 2.41. The average Bonchev–Trinajstić information content (AvgIpc) is 3.04. The van der Waals surface area contributed by atoms with Crippen LogP contribution in [0.2, 0.25) is 0 Å². The molecule has 2 aromatic rings. The molecule has 0 saturated heterocycles. The molecule has 2 amide bonds. The SMILES string of the molecule is CN1C(=O)[C@@](C)(C(=O)NCc2cccs2)Sc2ccccc21. The molecule has 0 bridgehead atoms. The van der Waals surface area contributed by atoms with Gasteiger partial charge in [0.25, 0.3) is 5.91 Å². The highest BCUT2D eigenvalue weighted by atomic mass is 32.2. The molecule has 1 N–H and O–H groups in total. The number of para-hydroxylation sites is 1. The van der Waals surface area contributed by atoms with E-state index in [-0.39, 0.29) is 11.8 Å². The van der Waals surface area contributed by atoms with Crippen LogP contribution in [0.3, 0.4) is 0 Å². The molecule has 0 spiro atoms. The molecule has 2 heterocycles. The van der Waals surface area contributed by atoms with Crippen molar-refractivity contribution in [2.75, 3.05) is 11.9 Å². The molecule has 22 heavy (non-hydrogen) atoms. The van der Waals surface area contributed by atoms with Gasteiger partial charge in [-0.1, -0.05) is 30.0 Å². The van der Waals surface area contributed by atoms with Crippen LogP contribution >= 0.6 is 23.1 Å². The molecule has 1 atom stereocenters. The zero-order valence-electron chi connectivity index (χ0n) is 12.3. The summed E-state index contributed by atoms with van der Waals surface area (Å²) < 4.78 is -1.14. The molecule has 0 unspecified atom stereocenters. The van der Waals surface area contributed by atoms with Gasteiger partial charge in [0.2, 0.25) is 5.91 Å². The predicted molar refractivity (Wildman–Crippen MR) is 90.3 cm³/mol. The van der Waals surface area contributed by atoms with Crippen LogP contribution in [0, 0.1) is 0 Å². The maximum atomic E-state index is 12.7. The van der Waals surface area contributed by atoms with E-state index >= 15 is 0 Å². The van der Waals surface area contributed by atoms with Crippen molar-refractivity contribution in [3.05, 3.63) is 46.7 Å². The number of fused-ring (bicyclic) bond motifs is 1. The Morgan fingerprint density at radius 1 is 1.27 bits per heavy atom. The third kappa shape index (κ3) is 2.53. The predicted octanol–water partition coefficient (Wildman–Crippen LogP) is 2.89. The van der Waals surface area contributed by atoms with Crippen molar-refractivity contribution in [1.29, 1.82) is 0 Å². The summed E-state index contributed by atoms with van der Waals surface area (Å²) in [5, 5.41) is 4.85. The molecule has 3 rings (SSSR count). The van der Waals surface area contributed by atoms with E-state index in [0.29, 0.717) is 6.54 Å². The van der Waals surface area contributed by atoms with Gasteiger partial charge < -0.3 is 10.2 Å². The van der Waals surface area contributed by atoms with E-state index in [4.69, 9.17) is 0 Å². The minimum absolute atomic E-state index is 0.195. The van der Waals surface area contributed by atoms with E-state index < -0.39 is 4.75 Å². The smallest absolute Gasteiger partial charge is 0.252 e. The van der Waals surface area contributed by atoms with E-state index in [1.807, 2.05) is 41.8 Å². The Morgan fingerprint density at radius 3 is 2.77 bits per heavy atom. The first kappa shape index (κ1) is 15.1. The Bertz CT molecular complexity index is 715. The third-order valence-corrected chi connectivity index (χ3v) is 5.90. The Kier molecular flexibility index (Phi) is 3.97. The van der Waals surface area contributed by atoms with Crippen molar-refractivity contribution in [2.45, 2.75) is 23.1 Å². The summed E-state index contributed by atoms with van der Waals surface area (Å²) in [6.45, 7) is 2.14. The fourth-order valence-corrected chi connectivity index (χ4v) is 4.34. The first-order chi connectivity index (χ1) is 10.5. The maximum absolute atomic E-state index is 12.7. The van der Waals surface area contributed by atoms with Crippen LogP contribution in [0.25, 0.3) is 0 Å². The van der Waals surface area contributed by atoms with Crippen LogP contribution in [0.5, 0.6) is 0 Å². The number of benzene rings is 1. The number of amides is 2. The van der Waals surface area contributed by atoms with Crippen molar-refractivity contribution in [2.24, 2.45) is 0 Å². The lowest BCUT2D eigenvalue weighted by atomic mass is 10.1. The number of nitrogens with zero attached hydrogens (tertiary/aromatic N) is 1. The van der Waals surface area contributed by atoms with Crippen LogP contribution < -0.4 is 10.2 Å². The zero-order chi connectivity index (χ0) is 15.7. The minimum Gasteiger partial charge on any atom is -0.350 e. The van der Waals surface area contributed by atoms with E-state index in [1.54, 1.807) is 30.2 Å².